The summed E-state index contributed by atoms with van der Waals surface area (Å²) in [7, 11) is 0. The Morgan fingerprint density at radius 1 is 1.11 bits per heavy atom. The first-order valence-electron chi connectivity index (χ1n) is 5.82. The fourth-order valence-corrected chi connectivity index (χ4v) is 1.93. The minimum absolute atomic E-state index is 0.494. The Morgan fingerprint density at radius 3 is 2.67 bits per heavy atom. The van der Waals surface area contributed by atoms with Crippen molar-refractivity contribution in [2.45, 2.75) is 13.0 Å². The number of para-hydroxylation sites is 2. The van der Waals surface area contributed by atoms with Gasteiger partial charge in [0.2, 0.25) is 0 Å². The molecule has 3 rings (SSSR count). The summed E-state index contributed by atoms with van der Waals surface area (Å²) in [5.41, 5.74) is 2.77. The monoisotopic (exact) mass is 239 g/mol. The van der Waals surface area contributed by atoms with Gasteiger partial charge in [-0.3, -0.25) is 4.57 Å². The first-order chi connectivity index (χ1) is 8.75. The van der Waals surface area contributed by atoms with E-state index in [2.05, 4.69) is 9.97 Å². The van der Waals surface area contributed by atoms with Gasteiger partial charge in [-0.05, 0) is 30.7 Å². The third-order valence-corrected chi connectivity index (χ3v) is 2.95. The van der Waals surface area contributed by atoms with E-state index >= 15 is 0 Å². The van der Waals surface area contributed by atoms with Crippen LogP contribution in [0.25, 0.3) is 16.9 Å². The molecular weight excluding hydrogens is 226 g/mol. The molecule has 0 aliphatic rings. The maximum atomic E-state index is 9.46. The predicted octanol–water partition coefficient (Wildman–Crippen LogP) is 2.47. The number of nitrogens with zero attached hydrogens (tertiary/aromatic N) is 3. The Kier molecular flexibility index (Phi) is 2.57. The van der Waals surface area contributed by atoms with E-state index in [0.717, 1.165) is 22.4 Å². The Bertz CT molecular complexity index is 671. The fourth-order valence-electron chi connectivity index (χ4n) is 1.93. The van der Waals surface area contributed by atoms with Crippen molar-refractivity contribution in [1.82, 2.24) is 14.5 Å². The third-order valence-electron chi connectivity index (χ3n) is 2.95. The van der Waals surface area contributed by atoms with Crippen molar-refractivity contribution in [2.75, 3.05) is 0 Å². The number of imidazole rings is 1. The van der Waals surface area contributed by atoms with Crippen molar-refractivity contribution >= 4 is 11.0 Å². The van der Waals surface area contributed by atoms with E-state index in [9.17, 15) is 5.11 Å². The Hall–Kier alpha value is -2.20. The summed E-state index contributed by atoms with van der Waals surface area (Å²) in [6.07, 6.45) is 2.95. The molecule has 2 aromatic heterocycles. The topological polar surface area (TPSA) is 50.9 Å². The molecule has 0 bridgehead atoms. The second-order valence-electron chi connectivity index (χ2n) is 4.23. The van der Waals surface area contributed by atoms with Crippen molar-refractivity contribution in [3.05, 3.63) is 54.5 Å². The molecule has 4 heteroatoms. The molecule has 2 heterocycles. The molecule has 0 aliphatic carbocycles. The normalized spacial score (nSPS) is 12.8. The van der Waals surface area contributed by atoms with Crippen LogP contribution in [0.1, 0.15) is 18.6 Å². The molecule has 1 unspecified atom stereocenters. The van der Waals surface area contributed by atoms with Crippen LogP contribution in [-0.2, 0) is 0 Å². The van der Waals surface area contributed by atoms with E-state index in [1.165, 1.54) is 0 Å². The van der Waals surface area contributed by atoms with Crippen LogP contribution in [0.15, 0.2) is 48.9 Å². The van der Waals surface area contributed by atoms with Crippen molar-refractivity contribution < 1.29 is 5.11 Å². The number of hydrogen-bond donors (Lipinski definition) is 1. The summed E-state index contributed by atoms with van der Waals surface area (Å²) < 4.78 is 1.93. The molecule has 90 valence electrons. The highest BCUT2D eigenvalue weighted by Crippen LogP contribution is 2.17. The van der Waals surface area contributed by atoms with Gasteiger partial charge in [-0.2, -0.15) is 0 Å². The number of aliphatic hydroxyl groups is 1. The summed E-state index contributed by atoms with van der Waals surface area (Å²) in [6.45, 7) is 1.73. The molecule has 1 aromatic carbocycles. The SMILES string of the molecule is CC(O)c1ccc(-n2cnc3ccccc32)nc1. The van der Waals surface area contributed by atoms with Crippen LogP contribution in [0.4, 0.5) is 0 Å². The van der Waals surface area contributed by atoms with E-state index in [4.69, 9.17) is 0 Å². The number of pyridine rings is 1. The molecule has 0 fully saturated rings. The number of hydrogen-bond acceptors (Lipinski definition) is 3. The molecule has 3 aromatic rings. The summed E-state index contributed by atoms with van der Waals surface area (Å²) in [5, 5.41) is 9.46. The quantitative estimate of drug-likeness (QED) is 0.747. The molecule has 0 radical (unpaired) electrons. The van der Waals surface area contributed by atoms with Crippen LogP contribution >= 0.6 is 0 Å². The Balaban J connectivity index is 2.09. The molecule has 0 saturated heterocycles. The van der Waals surface area contributed by atoms with Gasteiger partial charge in [0.05, 0.1) is 17.1 Å². The molecule has 4 nitrogen and oxygen atoms in total. The zero-order chi connectivity index (χ0) is 12.5. The lowest BCUT2D eigenvalue weighted by atomic mass is 10.2. The average Bonchev–Trinajstić information content (AvgIpc) is 2.82. The van der Waals surface area contributed by atoms with E-state index in [1.54, 1.807) is 19.4 Å². The van der Waals surface area contributed by atoms with Crippen LogP contribution in [0.2, 0.25) is 0 Å². The maximum absolute atomic E-state index is 9.46. The van der Waals surface area contributed by atoms with Crippen LogP contribution in [0, 0.1) is 0 Å². The highest BCUT2D eigenvalue weighted by atomic mass is 16.3. The van der Waals surface area contributed by atoms with Gasteiger partial charge >= 0.3 is 0 Å². The Labute approximate surface area is 105 Å². The zero-order valence-electron chi connectivity index (χ0n) is 9.99. The standard InChI is InChI=1S/C14H13N3O/c1-10(18)11-6-7-14(15-8-11)17-9-16-12-4-2-3-5-13(12)17/h2-10,18H,1H3. The molecule has 0 amide bonds. The molecule has 1 N–H and O–H groups in total. The minimum Gasteiger partial charge on any atom is -0.389 e. The number of fused-ring (bicyclic) bond motifs is 1. The number of benzene rings is 1. The lowest BCUT2D eigenvalue weighted by Gasteiger charge is -2.06. The van der Waals surface area contributed by atoms with Gasteiger partial charge in [0.1, 0.15) is 12.1 Å². The van der Waals surface area contributed by atoms with E-state index in [0.29, 0.717) is 0 Å². The molecule has 0 saturated carbocycles. The van der Waals surface area contributed by atoms with Crippen molar-refractivity contribution in [3.63, 3.8) is 0 Å². The smallest absolute Gasteiger partial charge is 0.138 e. The summed E-state index contributed by atoms with van der Waals surface area (Å²) in [6, 6.07) is 11.7. The van der Waals surface area contributed by atoms with Gasteiger partial charge in [0.25, 0.3) is 0 Å². The molecule has 18 heavy (non-hydrogen) atoms. The number of rotatable bonds is 2. The average molecular weight is 239 g/mol. The lowest BCUT2D eigenvalue weighted by molar-refractivity contribution is 0.199. The van der Waals surface area contributed by atoms with Gasteiger partial charge in [0.15, 0.2) is 0 Å². The first kappa shape index (κ1) is 10.9. The summed E-state index contributed by atoms with van der Waals surface area (Å²) in [4.78, 5) is 8.68. The Morgan fingerprint density at radius 2 is 1.94 bits per heavy atom. The zero-order valence-corrected chi connectivity index (χ0v) is 9.99. The van der Waals surface area contributed by atoms with E-state index in [1.807, 2.05) is 41.0 Å². The van der Waals surface area contributed by atoms with Gasteiger partial charge in [-0.15, -0.1) is 0 Å². The van der Waals surface area contributed by atoms with Gasteiger partial charge in [-0.25, -0.2) is 9.97 Å². The number of aliphatic hydroxyl groups excluding tert-OH is 1. The fraction of sp³-hybridized carbons (Fsp3) is 0.143. The van der Waals surface area contributed by atoms with E-state index < -0.39 is 6.10 Å². The van der Waals surface area contributed by atoms with Crippen LogP contribution in [-0.4, -0.2) is 19.6 Å². The second kappa shape index (κ2) is 4.23. The van der Waals surface area contributed by atoms with Crippen molar-refractivity contribution in [2.24, 2.45) is 0 Å². The van der Waals surface area contributed by atoms with Gasteiger partial charge < -0.3 is 5.11 Å². The summed E-state index contributed by atoms with van der Waals surface area (Å²) >= 11 is 0. The largest absolute Gasteiger partial charge is 0.389 e. The van der Waals surface area contributed by atoms with Crippen LogP contribution < -0.4 is 0 Å². The molecule has 0 spiro atoms. The molecule has 1 atom stereocenters. The first-order valence-corrected chi connectivity index (χ1v) is 5.82. The van der Waals surface area contributed by atoms with Crippen molar-refractivity contribution in [3.8, 4) is 5.82 Å². The van der Waals surface area contributed by atoms with Gasteiger partial charge in [-0.1, -0.05) is 18.2 Å². The highest BCUT2D eigenvalue weighted by Gasteiger charge is 2.06. The number of aromatic nitrogens is 3. The third kappa shape index (κ3) is 1.76. The predicted molar refractivity (Wildman–Crippen MR) is 69.5 cm³/mol. The van der Waals surface area contributed by atoms with Crippen LogP contribution in [0.3, 0.4) is 0 Å². The second-order valence-corrected chi connectivity index (χ2v) is 4.23. The maximum Gasteiger partial charge on any atom is 0.138 e. The lowest BCUT2D eigenvalue weighted by Crippen LogP contribution is -1.98. The van der Waals surface area contributed by atoms with Crippen LogP contribution in [0.5, 0.6) is 0 Å². The van der Waals surface area contributed by atoms with Crippen molar-refractivity contribution in [1.29, 1.82) is 0 Å². The van der Waals surface area contributed by atoms with E-state index in [-0.39, 0.29) is 0 Å². The highest BCUT2D eigenvalue weighted by molar-refractivity contribution is 5.76. The van der Waals surface area contributed by atoms with Gasteiger partial charge in [0, 0.05) is 6.20 Å². The molecular formula is C14H13N3O. The minimum atomic E-state index is -0.494. The molecule has 0 aliphatic heterocycles. The summed E-state index contributed by atoms with van der Waals surface area (Å²) in [5.74, 6) is 0.799.